The Bertz CT molecular complexity index is 3190. The first-order valence-corrected chi connectivity index (χ1v) is 19.3. The first-order valence-electron chi connectivity index (χ1n) is 19.3. The first-order chi connectivity index (χ1) is 28.2. The van der Waals surface area contributed by atoms with Crippen LogP contribution in [0.25, 0.3) is 76.9 Å². The third kappa shape index (κ3) is 5.78. The predicted molar refractivity (Wildman–Crippen MR) is 237 cm³/mol. The average molecular weight is 730 g/mol. The minimum atomic E-state index is -0.474. The van der Waals surface area contributed by atoms with Crippen LogP contribution in [0.3, 0.4) is 0 Å². The number of rotatable bonds is 6. The van der Waals surface area contributed by atoms with E-state index < -0.39 is 6.17 Å². The van der Waals surface area contributed by atoms with Crippen molar-refractivity contribution in [3.8, 4) is 33.4 Å². The summed E-state index contributed by atoms with van der Waals surface area (Å²) in [6.45, 7) is 0. The minimum absolute atomic E-state index is 0.474. The second-order valence-electron chi connectivity index (χ2n) is 14.5. The van der Waals surface area contributed by atoms with E-state index in [-0.39, 0.29) is 0 Å². The molecule has 57 heavy (non-hydrogen) atoms. The molecule has 1 aromatic heterocycles. The topological polar surface area (TPSA) is 49.9 Å². The molecular formula is C53H35N3O. The number of hydrogen-bond acceptors (Lipinski definition) is 4. The van der Waals surface area contributed by atoms with Gasteiger partial charge in [0.25, 0.3) is 0 Å². The van der Waals surface area contributed by atoms with Crippen LogP contribution in [-0.2, 0) is 0 Å². The van der Waals surface area contributed by atoms with Crippen LogP contribution in [0.4, 0.5) is 0 Å². The van der Waals surface area contributed by atoms with Gasteiger partial charge in [0.15, 0.2) is 6.17 Å². The third-order valence-electron chi connectivity index (χ3n) is 11.2. The maximum Gasteiger partial charge on any atom is 0.170 e. The highest BCUT2D eigenvalue weighted by atomic mass is 16.3. The molecule has 4 nitrogen and oxygen atoms in total. The first kappa shape index (κ1) is 32.8. The fourth-order valence-electron chi connectivity index (χ4n) is 8.42. The zero-order valence-corrected chi connectivity index (χ0v) is 30.9. The van der Waals surface area contributed by atoms with Crippen LogP contribution < -0.4 is 5.32 Å². The van der Waals surface area contributed by atoms with Crippen LogP contribution >= 0.6 is 0 Å². The summed E-state index contributed by atoms with van der Waals surface area (Å²) in [6, 6.07) is 70.5. The van der Waals surface area contributed by atoms with E-state index >= 15 is 0 Å². The number of para-hydroxylation sites is 1. The van der Waals surface area contributed by atoms with Crippen molar-refractivity contribution in [3.63, 3.8) is 0 Å². The van der Waals surface area contributed by atoms with Crippen LogP contribution in [0.2, 0.25) is 0 Å². The Morgan fingerprint density at radius 2 is 0.947 bits per heavy atom. The number of hydrogen-bond donors (Lipinski definition) is 1. The van der Waals surface area contributed by atoms with Crippen LogP contribution in [0.1, 0.15) is 22.9 Å². The Kier molecular flexibility index (Phi) is 7.85. The molecular weight excluding hydrogens is 695 g/mol. The zero-order chi connectivity index (χ0) is 37.7. The highest BCUT2D eigenvalue weighted by molar-refractivity contribution is 6.18. The highest BCUT2D eigenvalue weighted by Gasteiger charge is 2.24. The normalized spacial score (nSPS) is 14.1. The molecule has 1 atom stereocenters. The van der Waals surface area contributed by atoms with Gasteiger partial charge in [-0.05, 0) is 73.1 Å². The van der Waals surface area contributed by atoms with Gasteiger partial charge in [0.05, 0.1) is 0 Å². The molecule has 1 aliphatic rings. The van der Waals surface area contributed by atoms with Gasteiger partial charge in [0.2, 0.25) is 0 Å². The Morgan fingerprint density at radius 3 is 1.75 bits per heavy atom. The molecule has 0 radical (unpaired) electrons. The molecule has 0 spiro atoms. The van der Waals surface area contributed by atoms with Gasteiger partial charge in [0, 0.05) is 27.5 Å². The summed E-state index contributed by atoms with van der Waals surface area (Å²) in [5, 5.41) is 10.5. The molecule has 2 heterocycles. The van der Waals surface area contributed by atoms with Crippen LogP contribution in [-0.4, -0.2) is 11.7 Å². The van der Waals surface area contributed by atoms with Gasteiger partial charge in [0.1, 0.15) is 22.8 Å². The Balaban J connectivity index is 1.06. The predicted octanol–water partition coefficient (Wildman–Crippen LogP) is 13.4. The van der Waals surface area contributed by atoms with E-state index in [4.69, 9.17) is 14.4 Å². The number of amidine groups is 2. The van der Waals surface area contributed by atoms with E-state index in [9.17, 15) is 0 Å². The van der Waals surface area contributed by atoms with E-state index in [1.807, 2.05) is 24.3 Å². The van der Waals surface area contributed by atoms with Gasteiger partial charge in [-0.2, -0.15) is 0 Å². The van der Waals surface area contributed by atoms with Crippen molar-refractivity contribution in [2.75, 3.05) is 0 Å². The molecule has 11 rings (SSSR count). The second kappa shape index (κ2) is 13.6. The van der Waals surface area contributed by atoms with Crippen molar-refractivity contribution in [1.82, 2.24) is 5.32 Å². The summed E-state index contributed by atoms with van der Waals surface area (Å²) < 4.78 is 6.52. The lowest BCUT2D eigenvalue weighted by Gasteiger charge is -2.23. The molecule has 1 unspecified atom stereocenters. The molecule has 1 aliphatic heterocycles. The van der Waals surface area contributed by atoms with Crippen molar-refractivity contribution < 1.29 is 4.42 Å². The standard InChI is InChI=1S/C53H35N3O/c1-3-14-34(15-4-1)39-32-47(50-46-21-9-10-27-48(46)57-49(50)33-39)44-25-12-24-43-42(44)23-13-26-45(43)53-55-51(37-17-5-2-6-18-37)54-52(56-53)38-30-28-36(29-31-38)41-22-11-19-35-16-7-8-20-40(35)41/h1-33,53H,(H,54,55,56). The fourth-order valence-corrected chi connectivity index (χ4v) is 8.42. The molecule has 0 saturated carbocycles. The number of furan rings is 1. The van der Waals surface area contributed by atoms with Crippen LogP contribution in [0.5, 0.6) is 0 Å². The summed E-state index contributed by atoms with van der Waals surface area (Å²) in [6.07, 6.45) is -0.474. The number of nitrogens with one attached hydrogen (secondary N) is 1. The maximum absolute atomic E-state index is 6.52. The SMILES string of the molecule is c1ccc(C2=NC(c3cccc4c(-c5cc(-c6ccccc6)cc6oc7ccccc7c56)cccc34)N=C(c3ccc(-c4cccc5ccccc45)cc3)N2)cc1. The Hall–Kier alpha value is -7.56. The lowest BCUT2D eigenvalue weighted by molar-refractivity contribution is 0.669. The molecule has 0 saturated heterocycles. The van der Waals surface area contributed by atoms with E-state index in [0.29, 0.717) is 0 Å². The molecule has 1 N–H and O–H groups in total. The molecule has 0 aliphatic carbocycles. The van der Waals surface area contributed by atoms with Crippen molar-refractivity contribution >= 4 is 55.2 Å². The van der Waals surface area contributed by atoms with Crippen molar-refractivity contribution in [3.05, 3.63) is 217 Å². The van der Waals surface area contributed by atoms with E-state index in [1.165, 1.54) is 16.3 Å². The molecule has 10 aromatic rings. The van der Waals surface area contributed by atoms with Crippen LogP contribution in [0.15, 0.2) is 215 Å². The largest absolute Gasteiger partial charge is 0.456 e. The van der Waals surface area contributed by atoms with Crippen molar-refractivity contribution in [2.24, 2.45) is 9.98 Å². The maximum atomic E-state index is 6.52. The third-order valence-corrected chi connectivity index (χ3v) is 11.2. The summed E-state index contributed by atoms with van der Waals surface area (Å²) in [4.78, 5) is 10.6. The number of nitrogens with zero attached hydrogens (tertiary/aromatic N) is 2. The van der Waals surface area contributed by atoms with Gasteiger partial charge in [-0.3, -0.25) is 0 Å². The molecule has 0 amide bonds. The van der Waals surface area contributed by atoms with E-state index in [0.717, 1.165) is 88.9 Å². The highest BCUT2D eigenvalue weighted by Crippen LogP contribution is 2.43. The van der Waals surface area contributed by atoms with Crippen molar-refractivity contribution in [1.29, 1.82) is 0 Å². The van der Waals surface area contributed by atoms with E-state index in [2.05, 4.69) is 181 Å². The van der Waals surface area contributed by atoms with Gasteiger partial charge in [-0.25, -0.2) is 9.98 Å². The summed E-state index contributed by atoms with van der Waals surface area (Å²) in [5.41, 5.74) is 11.7. The second-order valence-corrected chi connectivity index (χ2v) is 14.5. The number of benzene rings is 9. The average Bonchev–Trinajstić information content (AvgIpc) is 3.67. The van der Waals surface area contributed by atoms with E-state index in [1.54, 1.807) is 0 Å². The smallest absolute Gasteiger partial charge is 0.170 e. The van der Waals surface area contributed by atoms with Crippen molar-refractivity contribution in [2.45, 2.75) is 6.17 Å². The number of fused-ring (bicyclic) bond motifs is 5. The van der Waals surface area contributed by atoms with Gasteiger partial charge >= 0.3 is 0 Å². The molecule has 268 valence electrons. The summed E-state index contributed by atoms with van der Waals surface area (Å²) >= 11 is 0. The summed E-state index contributed by atoms with van der Waals surface area (Å²) in [7, 11) is 0. The fraction of sp³-hybridized carbons (Fsp3) is 0.0189. The molecule has 0 bridgehead atoms. The molecule has 4 heteroatoms. The molecule has 0 fully saturated rings. The molecule has 9 aromatic carbocycles. The summed E-state index contributed by atoms with van der Waals surface area (Å²) in [5.74, 6) is 1.58. The van der Waals surface area contributed by atoms with Crippen LogP contribution in [0, 0.1) is 0 Å². The van der Waals surface area contributed by atoms with Gasteiger partial charge < -0.3 is 9.73 Å². The Morgan fingerprint density at radius 1 is 0.368 bits per heavy atom. The lowest BCUT2D eigenvalue weighted by atomic mass is 9.90. The van der Waals surface area contributed by atoms with Gasteiger partial charge in [-0.15, -0.1) is 0 Å². The zero-order valence-electron chi connectivity index (χ0n) is 30.9. The lowest BCUT2D eigenvalue weighted by Crippen LogP contribution is -2.36. The monoisotopic (exact) mass is 729 g/mol. The minimum Gasteiger partial charge on any atom is -0.456 e. The Labute approximate surface area is 330 Å². The van der Waals surface area contributed by atoms with Gasteiger partial charge in [-0.1, -0.05) is 182 Å². The quantitative estimate of drug-likeness (QED) is 0.185. The number of aliphatic imine (C=N–C) groups is 2.